The number of nitrogens with one attached hydrogen (secondary N) is 2. The highest BCUT2D eigenvalue weighted by Gasteiger charge is 2.27. The summed E-state index contributed by atoms with van der Waals surface area (Å²) in [4.78, 5) is 25.6. The third-order valence-corrected chi connectivity index (χ3v) is 3.93. The van der Waals surface area contributed by atoms with Gasteiger partial charge in [0.25, 0.3) is 0 Å². The molecule has 6 nitrogen and oxygen atoms in total. The molecule has 0 unspecified atom stereocenters. The van der Waals surface area contributed by atoms with Crippen molar-refractivity contribution >= 4 is 12.0 Å². The first-order chi connectivity index (χ1) is 9.61. The fraction of sp³-hybridized carbons (Fsp3) is 0.714. The summed E-state index contributed by atoms with van der Waals surface area (Å²) in [5.74, 6) is -0.352. The molecule has 2 rings (SSSR count). The molecule has 1 fully saturated rings. The molecular weight excluding hydrogens is 258 g/mol. The topological polar surface area (TPSA) is 70.7 Å². The second kappa shape index (κ2) is 6.74. The summed E-state index contributed by atoms with van der Waals surface area (Å²) in [6.45, 7) is 2.92. The van der Waals surface area contributed by atoms with Gasteiger partial charge in [-0.2, -0.15) is 0 Å². The normalized spacial score (nSPS) is 20.1. The summed E-state index contributed by atoms with van der Waals surface area (Å²) < 4.78 is 5.05. The zero-order valence-electron chi connectivity index (χ0n) is 12.2. The Morgan fingerprint density at radius 3 is 2.75 bits per heavy atom. The Labute approximate surface area is 119 Å². The minimum absolute atomic E-state index is 0.235. The lowest BCUT2D eigenvalue weighted by atomic mass is 10.1. The van der Waals surface area contributed by atoms with Gasteiger partial charge >= 0.3 is 12.0 Å². The molecule has 0 atom stereocenters. The Balaban J connectivity index is 2.09. The van der Waals surface area contributed by atoms with E-state index in [0.717, 1.165) is 0 Å². The van der Waals surface area contributed by atoms with Crippen molar-refractivity contribution in [1.82, 2.24) is 15.5 Å². The van der Waals surface area contributed by atoms with E-state index < -0.39 is 0 Å². The molecule has 0 radical (unpaired) electrons. The fourth-order valence-electron chi connectivity index (χ4n) is 2.80. The number of amides is 2. The SMILES string of the molecule is CCOC(=O)C1=C(CN(C)C2CCCC2)NC(=O)NC1. The third-order valence-electron chi connectivity index (χ3n) is 3.93. The van der Waals surface area contributed by atoms with Gasteiger partial charge in [0.15, 0.2) is 0 Å². The van der Waals surface area contributed by atoms with Gasteiger partial charge in [-0.15, -0.1) is 0 Å². The van der Waals surface area contributed by atoms with Crippen LogP contribution in [0.4, 0.5) is 4.79 Å². The minimum Gasteiger partial charge on any atom is -0.463 e. The van der Waals surface area contributed by atoms with E-state index in [4.69, 9.17) is 4.74 Å². The van der Waals surface area contributed by atoms with Crippen LogP contribution in [0.1, 0.15) is 32.6 Å². The van der Waals surface area contributed by atoms with Crippen LogP contribution in [0.2, 0.25) is 0 Å². The molecule has 20 heavy (non-hydrogen) atoms. The summed E-state index contributed by atoms with van der Waals surface area (Å²) in [6.07, 6.45) is 4.88. The number of carbonyl (C=O) groups is 2. The van der Waals surface area contributed by atoms with Crippen molar-refractivity contribution in [2.24, 2.45) is 0 Å². The van der Waals surface area contributed by atoms with Gasteiger partial charge in [-0.25, -0.2) is 9.59 Å². The molecule has 1 saturated carbocycles. The summed E-state index contributed by atoms with van der Waals surface area (Å²) in [5.41, 5.74) is 1.19. The van der Waals surface area contributed by atoms with E-state index in [2.05, 4.69) is 15.5 Å². The van der Waals surface area contributed by atoms with Crippen molar-refractivity contribution < 1.29 is 14.3 Å². The smallest absolute Gasteiger partial charge is 0.337 e. The van der Waals surface area contributed by atoms with Crippen LogP contribution < -0.4 is 10.6 Å². The number of rotatable bonds is 5. The first-order valence-electron chi connectivity index (χ1n) is 7.26. The number of urea groups is 1. The van der Waals surface area contributed by atoms with Crippen molar-refractivity contribution in [3.05, 3.63) is 11.3 Å². The number of nitrogens with zero attached hydrogens (tertiary/aromatic N) is 1. The molecule has 0 spiro atoms. The van der Waals surface area contributed by atoms with Crippen molar-refractivity contribution in [3.8, 4) is 0 Å². The highest BCUT2D eigenvalue weighted by molar-refractivity contribution is 5.93. The lowest BCUT2D eigenvalue weighted by Gasteiger charge is -2.28. The quantitative estimate of drug-likeness (QED) is 0.737. The van der Waals surface area contributed by atoms with Crippen molar-refractivity contribution in [3.63, 3.8) is 0 Å². The van der Waals surface area contributed by atoms with E-state index in [1.165, 1.54) is 25.7 Å². The molecule has 0 bridgehead atoms. The first kappa shape index (κ1) is 14.8. The Hall–Kier alpha value is -1.56. The molecule has 2 aliphatic rings. The number of esters is 1. The molecule has 0 aromatic carbocycles. The Morgan fingerprint density at radius 1 is 1.40 bits per heavy atom. The number of hydrogen-bond donors (Lipinski definition) is 2. The largest absolute Gasteiger partial charge is 0.463 e. The molecule has 0 aromatic rings. The van der Waals surface area contributed by atoms with Crippen LogP contribution in [0.3, 0.4) is 0 Å². The zero-order chi connectivity index (χ0) is 14.5. The van der Waals surface area contributed by atoms with Gasteiger partial charge in [0.1, 0.15) is 0 Å². The van der Waals surface area contributed by atoms with Gasteiger partial charge in [0, 0.05) is 18.3 Å². The number of likely N-dealkylation sites (N-methyl/N-ethyl adjacent to an activating group) is 1. The number of hydrogen-bond acceptors (Lipinski definition) is 4. The molecular formula is C14H23N3O3. The van der Waals surface area contributed by atoms with E-state index >= 15 is 0 Å². The molecule has 0 aromatic heterocycles. The van der Waals surface area contributed by atoms with Gasteiger partial charge in [0.2, 0.25) is 0 Å². The highest BCUT2D eigenvalue weighted by Crippen LogP contribution is 2.23. The predicted molar refractivity (Wildman–Crippen MR) is 75.1 cm³/mol. The van der Waals surface area contributed by atoms with E-state index in [0.29, 0.717) is 30.5 Å². The van der Waals surface area contributed by atoms with Gasteiger partial charge < -0.3 is 15.4 Å². The molecule has 1 aliphatic heterocycles. The second-order valence-corrected chi connectivity index (χ2v) is 5.34. The third kappa shape index (κ3) is 3.50. The molecule has 2 N–H and O–H groups in total. The molecule has 1 aliphatic carbocycles. The zero-order valence-corrected chi connectivity index (χ0v) is 12.2. The maximum Gasteiger partial charge on any atom is 0.337 e. The molecule has 2 amide bonds. The van der Waals surface area contributed by atoms with Crippen LogP contribution in [0.25, 0.3) is 0 Å². The summed E-state index contributed by atoms with van der Waals surface area (Å²) in [5, 5.41) is 5.36. The molecule has 6 heteroatoms. The Morgan fingerprint density at radius 2 is 2.10 bits per heavy atom. The van der Waals surface area contributed by atoms with E-state index in [1.807, 2.05) is 7.05 Å². The number of ether oxygens (including phenoxy) is 1. The second-order valence-electron chi connectivity index (χ2n) is 5.34. The van der Waals surface area contributed by atoms with Crippen LogP contribution in [0, 0.1) is 0 Å². The number of carbonyl (C=O) groups excluding carboxylic acids is 2. The van der Waals surface area contributed by atoms with Gasteiger partial charge in [-0.1, -0.05) is 12.8 Å². The van der Waals surface area contributed by atoms with Crippen LogP contribution >= 0.6 is 0 Å². The maximum absolute atomic E-state index is 11.9. The monoisotopic (exact) mass is 281 g/mol. The standard InChI is InChI=1S/C14H23N3O3/c1-3-20-13(18)11-8-15-14(19)16-12(11)9-17(2)10-6-4-5-7-10/h10H,3-9H2,1-2H3,(H2,15,16,19). The Kier molecular flexibility index (Phi) is 5.00. The minimum atomic E-state index is -0.352. The highest BCUT2D eigenvalue weighted by atomic mass is 16.5. The van der Waals surface area contributed by atoms with Crippen molar-refractivity contribution in [2.45, 2.75) is 38.6 Å². The van der Waals surface area contributed by atoms with Gasteiger partial charge in [0.05, 0.1) is 18.7 Å². The van der Waals surface area contributed by atoms with Gasteiger partial charge in [-0.3, -0.25) is 4.90 Å². The summed E-state index contributed by atoms with van der Waals surface area (Å²) >= 11 is 0. The van der Waals surface area contributed by atoms with E-state index in [-0.39, 0.29) is 18.5 Å². The maximum atomic E-state index is 11.9. The summed E-state index contributed by atoms with van der Waals surface area (Å²) in [6, 6.07) is 0.283. The van der Waals surface area contributed by atoms with Gasteiger partial charge in [-0.05, 0) is 26.8 Å². The Bertz CT molecular complexity index is 414. The fourth-order valence-corrected chi connectivity index (χ4v) is 2.80. The van der Waals surface area contributed by atoms with E-state index in [1.54, 1.807) is 6.92 Å². The van der Waals surface area contributed by atoms with Crippen LogP contribution in [0.15, 0.2) is 11.3 Å². The summed E-state index contributed by atoms with van der Waals surface area (Å²) in [7, 11) is 2.04. The lowest BCUT2D eigenvalue weighted by molar-refractivity contribution is -0.138. The lowest BCUT2D eigenvalue weighted by Crippen LogP contribution is -2.47. The van der Waals surface area contributed by atoms with E-state index in [9.17, 15) is 9.59 Å². The molecule has 1 heterocycles. The first-order valence-corrected chi connectivity index (χ1v) is 7.26. The van der Waals surface area contributed by atoms with Crippen LogP contribution in [-0.2, 0) is 9.53 Å². The van der Waals surface area contributed by atoms with Crippen molar-refractivity contribution in [2.75, 3.05) is 26.7 Å². The molecule has 0 saturated heterocycles. The predicted octanol–water partition coefficient (Wildman–Crippen LogP) is 0.991. The molecule has 112 valence electrons. The van der Waals surface area contributed by atoms with Crippen LogP contribution in [0.5, 0.6) is 0 Å². The average molecular weight is 281 g/mol. The average Bonchev–Trinajstić information content (AvgIpc) is 2.93. The van der Waals surface area contributed by atoms with Crippen LogP contribution in [-0.4, -0.2) is 49.7 Å². The van der Waals surface area contributed by atoms with Crippen molar-refractivity contribution in [1.29, 1.82) is 0 Å².